The van der Waals surface area contributed by atoms with E-state index in [1.54, 1.807) is 31.4 Å². The van der Waals surface area contributed by atoms with Gasteiger partial charge in [0.1, 0.15) is 5.75 Å². The Hall–Kier alpha value is -3.00. The lowest BCUT2D eigenvalue weighted by atomic mass is 10.2. The Balaban J connectivity index is 1.69. The summed E-state index contributed by atoms with van der Waals surface area (Å²) < 4.78 is 11.5. The van der Waals surface area contributed by atoms with E-state index < -0.39 is 5.63 Å². The van der Waals surface area contributed by atoms with Crippen molar-refractivity contribution in [3.8, 4) is 11.4 Å². The highest BCUT2D eigenvalue weighted by Crippen LogP contribution is 2.15. The molecule has 1 amide bonds. The van der Waals surface area contributed by atoms with Gasteiger partial charge in [-0.2, -0.15) is 0 Å². The minimum absolute atomic E-state index is 0.0760. The number of aryl methyl sites for hydroxylation is 1. The number of amides is 1. The summed E-state index contributed by atoms with van der Waals surface area (Å²) >= 11 is 1.10. The number of H-pyrrole nitrogens is 1. The summed E-state index contributed by atoms with van der Waals surface area (Å²) in [6.45, 7) is 1.98. The number of carbonyl (C=O) groups excluding carboxylic acids is 1. The fraction of sp³-hybridized carbons (Fsp3) is 0.167. The molecule has 0 saturated heterocycles. The molecular weight excluding hydrogens is 354 g/mol. The Morgan fingerprint density at radius 1 is 1.19 bits per heavy atom. The molecule has 0 saturated carbocycles. The molecule has 3 rings (SSSR count). The quantitative estimate of drug-likeness (QED) is 0.512. The van der Waals surface area contributed by atoms with E-state index in [0.717, 1.165) is 17.3 Å². The number of nitrogens with one attached hydrogen (secondary N) is 2. The summed E-state index contributed by atoms with van der Waals surface area (Å²) in [6, 6.07) is 14.6. The van der Waals surface area contributed by atoms with Crippen LogP contribution in [0.4, 0.5) is 5.69 Å². The second-order valence-corrected chi connectivity index (χ2v) is 6.49. The molecule has 0 fully saturated rings. The highest BCUT2D eigenvalue weighted by Gasteiger charge is 2.25. The number of ether oxygens (including phenoxy) is 1. The monoisotopic (exact) mass is 372 g/mol. The molecule has 7 nitrogen and oxygen atoms in total. The molecule has 0 aliphatic rings. The van der Waals surface area contributed by atoms with Crippen LogP contribution in [0.1, 0.15) is 5.56 Å². The lowest BCUT2D eigenvalue weighted by Crippen LogP contribution is -2.36. The first kappa shape index (κ1) is 17.8. The predicted molar refractivity (Wildman–Crippen MR) is 97.9 cm³/mol. The molecule has 1 aromatic heterocycles. The first-order valence-electron chi connectivity index (χ1n) is 7.84. The molecule has 0 atom stereocenters. The zero-order valence-corrected chi connectivity index (χ0v) is 15.1. The molecule has 0 aliphatic heterocycles. The van der Waals surface area contributed by atoms with Gasteiger partial charge in [-0.05, 0) is 52.9 Å². The van der Waals surface area contributed by atoms with Gasteiger partial charge in [-0.25, -0.2) is 4.79 Å². The van der Waals surface area contributed by atoms with E-state index in [1.807, 2.05) is 31.2 Å². The fourth-order valence-electron chi connectivity index (χ4n) is 2.26. The van der Waals surface area contributed by atoms with Gasteiger partial charge in [0.05, 0.1) is 12.9 Å². The van der Waals surface area contributed by atoms with Crippen molar-refractivity contribution in [1.82, 2.24) is 5.27 Å². The second kappa shape index (κ2) is 7.92. The van der Waals surface area contributed by atoms with Gasteiger partial charge in [-0.3, -0.25) is 9.32 Å². The van der Waals surface area contributed by atoms with Gasteiger partial charge < -0.3 is 10.1 Å². The van der Waals surface area contributed by atoms with Crippen molar-refractivity contribution < 1.29 is 18.7 Å². The van der Waals surface area contributed by atoms with Crippen LogP contribution in [0, 0.1) is 6.92 Å². The number of carbonyl (C=O) groups is 1. The van der Waals surface area contributed by atoms with Crippen molar-refractivity contribution in [2.45, 2.75) is 11.9 Å². The maximum atomic E-state index is 12.1. The van der Waals surface area contributed by atoms with Crippen LogP contribution in [-0.2, 0) is 4.79 Å². The molecule has 0 radical (unpaired) electrons. The SMILES string of the molecule is COc1ccc(-[n+]2[nH]oc(=O)c2SCC(=O)Nc2ccc(C)cc2)cc1. The summed E-state index contributed by atoms with van der Waals surface area (Å²) in [7, 11) is 1.58. The van der Waals surface area contributed by atoms with Gasteiger partial charge >= 0.3 is 10.7 Å². The number of rotatable bonds is 6. The Morgan fingerprint density at radius 2 is 1.88 bits per heavy atom. The van der Waals surface area contributed by atoms with Crippen LogP contribution in [0.15, 0.2) is 62.9 Å². The van der Waals surface area contributed by atoms with E-state index in [1.165, 1.54) is 4.68 Å². The predicted octanol–water partition coefficient (Wildman–Crippen LogP) is 2.29. The van der Waals surface area contributed by atoms with Crippen molar-refractivity contribution in [1.29, 1.82) is 0 Å². The van der Waals surface area contributed by atoms with E-state index in [4.69, 9.17) is 9.26 Å². The van der Waals surface area contributed by atoms with Crippen molar-refractivity contribution in [3.63, 3.8) is 0 Å². The average Bonchev–Trinajstić information content (AvgIpc) is 3.02. The molecule has 2 aromatic carbocycles. The maximum absolute atomic E-state index is 12.1. The maximum Gasteiger partial charge on any atom is 0.442 e. The third-order valence-corrected chi connectivity index (χ3v) is 4.64. The van der Waals surface area contributed by atoms with Gasteiger partial charge in [0.25, 0.3) is 0 Å². The van der Waals surface area contributed by atoms with Crippen LogP contribution in [0.2, 0.25) is 0 Å². The van der Waals surface area contributed by atoms with E-state index >= 15 is 0 Å². The van der Waals surface area contributed by atoms with Crippen molar-refractivity contribution in [2.75, 3.05) is 18.2 Å². The smallest absolute Gasteiger partial charge is 0.442 e. The summed E-state index contributed by atoms with van der Waals surface area (Å²) in [6.07, 6.45) is 0. The average molecular weight is 372 g/mol. The first-order valence-corrected chi connectivity index (χ1v) is 8.82. The number of anilines is 1. The van der Waals surface area contributed by atoms with Crippen LogP contribution in [0.5, 0.6) is 5.75 Å². The third kappa shape index (κ3) is 4.15. The number of hydrogen-bond acceptors (Lipinski definition) is 5. The highest BCUT2D eigenvalue weighted by molar-refractivity contribution is 7.99. The largest absolute Gasteiger partial charge is 0.497 e. The summed E-state index contributed by atoms with van der Waals surface area (Å²) in [5, 5.41) is 5.63. The molecule has 0 aliphatic carbocycles. The molecule has 3 aromatic rings. The van der Waals surface area contributed by atoms with Crippen LogP contribution in [-0.4, -0.2) is 24.0 Å². The van der Waals surface area contributed by atoms with Crippen molar-refractivity contribution in [2.24, 2.45) is 0 Å². The molecular formula is C18H18N3O4S+. The standard InChI is InChI=1S/C18H17N3O4S/c1-12-3-5-13(6-4-12)19-16(22)11-26-17-18(23)25-20-21(17)14-7-9-15(24-2)10-8-14/h3-10H,11H2,1-2H3,(H-,19,20,22,23)/p+1. The van der Waals surface area contributed by atoms with E-state index in [0.29, 0.717) is 17.1 Å². The van der Waals surface area contributed by atoms with Crippen LogP contribution >= 0.6 is 11.8 Å². The Labute approximate surface area is 153 Å². The Bertz CT molecular complexity index is 946. The molecule has 2 N–H and O–H groups in total. The zero-order chi connectivity index (χ0) is 18.5. The van der Waals surface area contributed by atoms with Crippen LogP contribution in [0.3, 0.4) is 0 Å². The van der Waals surface area contributed by atoms with E-state index in [2.05, 4.69) is 10.6 Å². The highest BCUT2D eigenvalue weighted by atomic mass is 32.2. The number of aromatic nitrogens is 2. The molecule has 134 valence electrons. The Morgan fingerprint density at radius 3 is 2.54 bits per heavy atom. The fourth-order valence-corrected chi connectivity index (χ4v) is 3.03. The summed E-state index contributed by atoms with van der Waals surface area (Å²) in [4.78, 5) is 24.1. The first-order chi connectivity index (χ1) is 12.6. The summed E-state index contributed by atoms with van der Waals surface area (Å²) in [5.41, 5.74) is 1.99. The molecule has 26 heavy (non-hydrogen) atoms. The number of aromatic amines is 1. The number of methoxy groups -OCH3 is 1. The normalized spacial score (nSPS) is 10.5. The molecule has 0 unspecified atom stereocenters. The minimum Gasteiger partial charge on any atom is -0.497 e. The van der Waals surface area contributed by atoms with E-state index in [9.17, 15) is 9.59 Å². The van der Waals surface area contributed by atoms with Crippen molar-refractivity contribution in [3.05, 3.63) is 64.5 Å². The number of thioether (sulfide) groups is 1. The molecule has 1 heterocycles. The van der Waals surface area contributed by atoms with Crippen LogP contribution < -0.4 is 20.4 Å². The molecule has 0 bridgehead atoms. The topological polar surface area (TPSA) is 88.2 Å². The van der Waals surface area contributed by atoms with Gasteiger partial charge in [-0.1, -0.05) is 17.7 Å². The van der Waals surface area contributed by atoms with Gasteiger partial charge in [0.2, 0.25) is 11.6 Å². The Kier molecular flexibility index (Phi) is 5.43. The number of hydrogen-bond donors (Lipinski definition) is 2. The molecule has 8 heteroatoms. The van der Waals surface area contributed by atoms with Gasteiger partial charge in [0, 0.05) is 17.8 Å². The zero-order valence-electron chi connectivity index (χ0n) is 14.3. The van der Waals surface area contributed by atoms with Crippen LogP contribution in [0.25, 0.3) is 5.69 Å². The number of benzene rings is 2. The third-order valence-electron chi connectivity index (χ3n) is 3.61. The lowest BCUT2D eigenvalue weighted by molar-refractivity contribution is -0.704. The number of nitrogens with zero attached hydrogens (tertiary/aromatic N) is 1. The van der Waals surface area contributed by atoms with Gasteiger partial charge in [0.15, 0.2) is 0 Å². The second-order valence-electron chi connectivity index (χ2n) is 5.52. The summed E-state index contributed by atoms with van der Waals surface area (Å²) in [5.74, 6) is 0.569. The minimum atomic E-state index is -0.533. The van der Waals surface area contributed by atoms with Gasteiger partial charge in [-0.15, -0.1) is 0 Å². The molecule has 0 spiro atoms. The van der Waals surface area contributed by atoms with Crippen molar-refractivity contribution >= 4 is 23.4 Å². The van der Waals surface area contributed by atoms with E-state index in [-0.39, 0.29) is 16.7 Å². The lowest BCUT2D eigenvalue weighted by Gasteiger charge is -2.03.